The maximum Gasteiger partial charge on any atom is 0.315 e. The van der Waals surface area contributed by atoms with E-state index in [1.807, 2.05) is 7.05 Å². The average molecular weight is 287 g/mol. The van der Waals surface area contributed by atoms with Gasteiger partial charge in [-0.3, -0.25) is 4.79 Å². The van der Waals surface area contributed by atoms with Crippen molar-refractivity contribution in [3.63, 3.8) is 0 Å². The van der Waals surface area contributed by atoms with Crippen LogP contribution in [0.2, 0.25) is 0 Å². The molecule has 0 radical (unpaired) electrons. The molecule has 0 unspecified atom stereocenters. The maximum absolute atomic E-state index is 11.8. The largest absolute Gasteiger partial charge is 0.481 e. The predicted molar refractivity (Wildman–Crippen MR) is 79.8 cm³/mol. The predicted octanol–water partition coefficient (Wildman–Crippen LogP) is 1.52. The van der Waals surface area contributed by atoms with Gasteiger partial charge in [0.25, 0.3) is 0 Å². The van der Waals surface area contributed by atoms with Crippen LogP contribution in [0.5, 0.6) is 0 Å². The fraction of sp³-hybridized carbons (Fsp3) is 0.857. The minimum atomic E-state index is -1.06. The van der Waals surface area contributed by atoms with E-state index in [4.69, 9.17) is 0 Å². The van der Waals surface area contributed by atoms with Gasteiger partial charge in [-0.15, -0.1) is 0 Å². The molecule has 20 heavy (non-hydrogen) atoms. The molecule has 6 nitrogen and oxygen atoms in total. The lowest BCUT2D eigenvalue weighted by Gasteiger charge is -2.38. The van der Waals surface area contributed by atoms with E-state index >= 15 is 0 Å². The number of carboxylic acid groups (broad SMARTS) is 1. The highest BCUT2D eigenvalue weighted by molar-refractivity contribution is 5.79. The van der Waals surface area contributed by atoms with Crippen LogP contribution in [-0.2, 0) is 4.79 Å². The van der Waals surface area contributed by atoms with Crippen LogP contribution >= 0.6 is 0 Å². The number of carbonyl (C=O) groups is 2. The Morgan fingerprint density at radius 2 is 1.70 bits per heavy atom. The number of amides is 2. The van der Waals surface area contributed by atoms with E-state index in [0.29, 0.717) is 12.6 Å². The molecule has 0 atom stereocenters. The fourth-order valence-corrected chi connectivity index (χ4v) is 1.36. The van der Waals surface area contributed by atoms with Gasteiger partial charge >= 0.3 is 12.0 Å². The molecule has 0 bridgehead atoms. The van der Waals surface area contributed by atoms with Crippen LogP contribution in [0.1, 0.15) is 41.5 Å². The average Bonchev–Trinajstić information content (AvgIpc) is 2.27. The van der Waals surface area contributed by atoms with Gasteiger partial charge < -0.3 is 20.6 Å². The Bertz CT molecular complexity index is 352. The van der Waals surface area contributed by atoms with Gasteiger partial charge in [0.2, 0.25) is 0 Å². The highest BCUT2D eigenvalue weighted by Gasteiger charge is 2.44. The highest BCUT2D eigenvalue weighted by atomic mass is 16.4. The van der Waals surface area contributed by atoms with Crippen molar-refractivity contribution in [3.8, 4) is 0 Å². The van der Waals surface area contributed by atoms with Crippen molar-refractivity contribution >= 4 is 12.0 Å². The van der Waals surface area contributed by atoms with Gasteiger partial charge in [-0.2, -0.15) is 0 Å². The lowest BCUT2D eigenvalue weighted by Crippen LogP contribution is -2.59. The first-order chi connectivity index (χ1) is 8.91. The van der Waals surface area contributed by atoms with E-state index < -0.39 is 16.9 Å². The Morgan fingerprint density at radius 1 is 1.20 bits per heavy atom. The van der Waals surface area contributed by atoms with Gasteiger partial charge in [-0.25, -0.2) is 4.79 Å². The standard InChI is InChI=1S/C14H29N3O3/c1-10(2)17(7)9-8-15-12(20)16-14(5,6)13(3,4)11(18)19/h10H,8-9H2,1-7H3,(H,18,19)(H2,15,16,20). The van der Waals surface area contributed by atoms with E-state index in [1.54, 1.807) is 27.7 Å². The molecule has 0 aromatic rings. The molecule has 118 valence electrons. The fourth-order valence-electron chi connectivity index (χ4n) is 1.36. The second kappa shape index (κ2) is 6.92. The normalized spacial score (nSPS) is 12.7. The summed E-state index contributed by atoms with van der Waals surface area (Å²) in [7, 11) is 1.99. The second-order valence-corrected chi connectivity index (χ2v) is 6.51. The van der Waals surface area contributed by atoms with Gasteiger partial charge in [0.15, 0.2) is 0 Å². The summed E-state index contributed by atoms with van der Waals surface area (Å²) in [6.45, 7) is 12.0. The molecule has 0 fully saturated rings. The highest BCUT2D eigenvalue weighted by Crippen LogP contribution is 2.30. The summed E-state index contributed by atoms with van der Waals surface area (Å²) in [6, 6.07) is 0.0729. The van der Waals surface area contributed by atoms with Crippen LogP contribution in [-0.4, -0.2) is 53.7 Å². The van der Waals surface area contributed by atoms with Crippen molar-refractivity contribution in [2.75, 3.05) is 20.1 Å². The molecule has 0 aliphatic heterocycles. The quantitative estimate of drug-likeness (QED) is 0.663. The number of nitrogens with one attached hydrogen (secondary N) is 2. The maximum atomic E-state index is 11.8. The number of urea groups is 1. The van der Waals surface area contributed by atoms with Crippen LogP contribution in [0.25, 0.3) is 0 Å². The first-order valence-electron chi connectivity index (χ1n) is 6.91. The summed E-state index contributed by atoms with van der Waals surface area (Å²) < 4.78 is 0. The molecule has 6 heteroatoms. The minimum absolute atomic E-state index is 0.346. The molecule has 0 aromatic carbocycles. The topological polar surface area (TPSA) is 81.7 Å². The summed E-state index contributed by atoms with van der Waals surface area (Å²) in [6.07, 6.45) is 0. The Labute approximate surface area is 121 Å². The van der Waals surface area contributed by atoms with Crippen LogP contribution < -0.4 is 10.6 Å². The van der Waals surface area contributed by atoms with Crippen molar-refractivity contribution in [1.29, 1.82) is 0 Å². The van der Waals surface area contributed by atoms with Crippen LogP contribution in [0.3, 0.4) is 0 Å². The van der Waals surface area contributed by atoms with Crippen molar-refractivity contribution in [2.45, 2.75) is 53.1 Å². The van der Waals surface area contributed by atoms with Crippen LogP contribution in [0.4, 0.5) is 4.79 Å². The number of hydrogen-bond acceptors (Lipinski definition) is 3. The number of aliphatic carboxylic acids is 1. The monoisotopic (exact) mass is 287 g/mol. The molecule has 2 amide bonds. The van der Waals surface area contributed by atoms with E-state index in [2.05, 4.69) is 29.4 Å². The Hall–Kier alpha value is -1.30. The van der Waals surface area contributed by atoms with Crippen LogP contribution in [0.15, 0.2) is 0 Å². The van der Waals surface area contributed by atoms with Gasteiger partial charge in [-0.1, -0.05) is 0 Å². The van der Waals surface area contributed by atoms with Gasteiger partial charge in [0.05, 0.1) is 11.0 Å². The molecule has 0 saturated heterocycles. The van der Waals surface area contributed by atoms with Gasteiger partial charge in [0.1, 0.15) is 0 Å². The number of carboxylic acids is 1. The molecule has 0 aliphatic rings. The van der Waals surface area contributed by atoms with E-state index in [9.17, 15) is 14.7 Å². The molecule has 0 aliphatic carbocycles. The number of nitrogens with zero attached hydrogens (tertiary/aromatic N) is 1. The van der Waals surface area contributed by atoms with Crippen molar-refractivity contribution in [3.05, 3.63) is 0 Å². The third-order valence-corrected chi connectivity index (χ3v) is 4.15. The molecule has 0 rings (SSSR count). The van der Waals surface area contributed by atoms with Crippen molar-refractivity contribution < 1.29 is 14.7 Å². The Balaban J connectivity index is 4.37. The lowest BCUT2D eigenvalue weighted by molar-refractivity contribution is -0.150. The first kappa shape index (κ1) is 18.7. The van der Waals surface area contributed by atoms with Crippen LogP contribution in [0, 0.1) is 5.41 Å². The zero-order chi connectivity index (χ0) is 16.1. The second-order valence-electron chi connectivity index (χ2n) is 6.51. The number of carbonyl (C=O) groups excluding carboxylic acids is 1. The van der Waals surface area contributed by atoms with Crippen molar-refractivity contribution in [1.82, 2.24) is 15.5 Å². The molecular weight excluding hydrogens is 258 g/mol. The molecule has 0 spiro atoms. The van der Waals surface area contributed by atoms with Gasteiger partial charge in [-0.05, 0) is 48.6 Å². The third kappa shape index (κ3) is 5.00. The summed E-state index contributed by atoms with van der Waals surface area (Å²) in [5.41, 5.74) is -1.91. The number of likely N-dealkylation sites (N-methyl/N-ethyl adjacent to an activating group) is 1. The Morgan fingerprint density at radius 3 is 2.10 bits per heavy atom. The Kier molecular flexibility index (Phi) is 6.47. The SMILES string of the molecule is CC(C)N(C)CCNC(=O)NC(C)(C)C(C)(C)C(=O)O. The zero-order valence-corrected chi connectivity index (χ0v) is 13.7. The van der Waals surface area contributed by atoms with E-state index in [0.717, 1.165) is 6.54 Å². The summed E-state index contributed by atoms with van der Waals surface area (Å²) in [4.78, 5) is 25.2. The molecule has 0 saturated carbocycles. The van der Waals surface area contributed by atoms with Crippen molar-refractivity contribution in [2.24, 2.45) is 5.41 Å². The first-order valence-corrected chi connectivity index (χ1v) is 6.91. The number of rotatable bonds is 7. The molecule has 0 heterocycles. The van der Waals surface area contributed by atoms with E-state index in [1.165, 1.54) is 0 Å². The summed E-state index contributed by atoms with van der Waals surface area (Å²) in [5.74, 6) is -0.942. The minimum Gasteiger partial charge on any atom is -0.481 e. The molecule has 3 N–H and O–H groups in total. The zero-order valence-electron chi connectivity index (χ0n) is 13.7. The van der Waals surface area contributed by atoms with E-state index in [-0.39, 0.29) is 6.03 Å². The lowest BCUT2D eigenvalue weighted by atomic mass is 9.74. The van der Waals surface area contributed by atoms with Gasteiger partial charge in [0, 0.05) is 19.1 Å². The summed E-state index contributed by atoms with van der Waals surface area (Å²) in [5, 5.41) is 14.7. The summed E-state index contributed by atoms with van der Waals surface area (Å²) >= 11 is 0. The number of hydrogen-bond donors (Lipinski definition) is 3. The molecular formula is C14H29N3O3. The smallest absolute Gasteiger partial charge is 0.315 e. The third-order valence-electron chi connectivity index (χ3n) is 4.15. The molecule has 0 aromatic heterocycles.